The van der Waals surface area contributed by atoms with Gasteiger partial charge in [0.15, 0.2) is 0 Å². The lowest BCUT2D eigenvalue weighted by Crippen LogP contribution is -2.15. The number of aliphatic hydroxyl groups is 1. The third kappa shape index (κ3) is 7.87. The first-order valence-corrected chi connectivity index (χ1v) is 10.4. The summed E-state index contributed by atoms with van der Waals surface area (Å²) in [5, 5.41) is 24.0. The predicted molar refractivity (Wildman–Crippen MR) is 124 cm³/mol. The number of benzene rings is 2. The van der Waals surface area contributed by atoms with Crippen molar-refractivity contribution in [2.75, 3.05) is 18.5 Å². The van der Waals surface area contributed by atoms with E-state index in [1.54, 1.807) is 41.3 Å². The largest absolute Gasteiger partial charge is 0.494 e. The van der Waals surface area contributed by atoms with E-state index >= 15 is 0 Å². The molecule has 0 spiro atoms. The standard InChI is InChI=1S/C20H18N4O2.C4H11NO/c1-2-11-26-19-9-7-18(8-10-19)24-14-17(13-22-24)23-20(25)16-5-3-15(12-21)4-6-16;1-4(5)2-3-6/h3-10,13-14H,2,11H2,1H3,(H,23,25);4,6H,2-3,5H2,1H3. The monoisotopic (exact) mass is 435 g/mol. The van der Waals surface area contributed by atoms with Crippen LogP contribution in [0, 0.1) is 11.3 Å². The lowest BCUT2D eigenvalue weighted by Gasteiger charge is -2.06. The maximum atomic E-state index is 12.3. The molecule has 1 aromatic heterocycles. The van der Waals surface area contributed by atoms with Crippen molar-refractivity contribution in [3.63, 3.8) is 0 Å². The van der Waals surface area contributed by atoms with Crippen LogP contribution in [-0.4, -0.2) is 40.0 Å². The van der Waals surface area contributed by atoms with Crippen molar-refractivity contribution in [2.45, 2.75) is 32.7 Å². The molecule has 8 nitrogen and oxygen atoms in total. The molecule has 1 amide bonds. The van der Waals surface area contributed by atoms with E-state index in [0.29, 0.717) is 29.8 Å². The summed E-state index contributed by atoms with van der Waals surface area (Å²) in [5.41, 5.74) is 7.70. The van der Waals surface area contributed by atoms with Crippen LogP contribution in [0.4, 0.5) is 5.69 Å². The second kappa shape index (κ2) is 12.9. The maximum absolute atomic E-state index is 12.3. The van der Waals surface area contributed by atoms with Gasteiger partial charge in [0, 0.05) is 18.2 Å². The van der Waals surface area contributed by atoms with Crippen LogP contribution in [0.3, 0.4) is 0 Å². The Hall–Kier alpha value is -3.67. The summed E-state index contributed by atoms with van der Waals surface area (Å²) in [6.45, 7) is 4.83. The summed E-state index contributed by atoms with van der Waals surface area (Å²) in [5.74, 6) is 0.564. The van der Waals surface area contributed by atoms with Crippen molar-refractivity contribution < 1.29 is 14.6 Å². The van der Waals surface area contributed by atoms with Gasteiger partial charge < -0.3 is 20.9 Å². The minimum atomic E-state index is -0.252. The molecule has 0 bridgehead atoms. The minimum Gasteiger partial charge on any atom is -0.494 e. The number of hydrogen-bond acceptors (Lipinski definition) is 6. The third-order valence-electron chi connectivity index (χ3n) is 4.28. The van der Waals surface area contributed by atoms with Crippen LogP contribution >= 0.6 is 0 Å². The molecule has 0 aliphatic carbocycles. The van der Waals surface area contributed by atoms with Gasteiger partial charge >= 0.3 is 0 Å². The number of nitrogens with one attached hydrogen (secondary N) is 1. The quantitative estimate of drug-likeness (QED) is 0.497. The second-order valence-electron chi connectivity index (χ2n) is 7.15. The number of carbonyl (C=O) groups excluding carboxylic acids is 1. The summed E-state index contributed by atoms with van der Waals surface area (Å²) in [6, 6.07) is 16.2. The first kappa shape index (κ1) is 24.6. The van der Waals surface area contributed by atoms with E-state index in [1.165, 1.54) is 0 Å². The molecular weight excluding hydrogens is 406 g/mol. The van der Waals surface area contributed by atoms with Gasteiger partial charge in [-0.25, -0.2) is 4.68 Å². The van der Waals surface area contributed by atoms with Gasteiger partial charge in [-0.15, -0.1) is 0 Å². The van der Waals surface area contributed by atoms with E-state index in [9.17, 15) is 4.79 Å². The fourth-order valence-electron chi connectivity index (χ4n) is 2.55. The van der Waals surface area contributed by atoms with E-state index in [4.69, 9.17) is 20.8 Å². The van der Waals surface area contributed by atoms with E-state index in [0.717, 1.165) is 17.9 Å². The SMILES string of the molecule is CC(N)CCO.CCCOc1ccc(-n2cc(NC(=O)c3ccc(C#N)cc3)cn2)cc1. The first-order chi connectivity index (χ1) is 15.5. The Morgan fingerprint density at radius 2 is 1.94 bits per heavy atom. The molecule has 0 aliphatic heterocycles. The fraction of sp³-hybridized carbons (Fsp3) is 0.292. The Bertz CT molecular complexity index is 1010. The minimum absolute atomic E-state index is 0.148. The molecule has 4 N–H and O–H groups in total. The molecule has 3 aromatic rings. The van der Waals surface area contributed by atoms with Crippen molar-refractivity contribution in [3.05, 3.63) is 72.1 Å². The van der Waals surface area contributed by atoms with Crippen LogP contribution in [0.1, 0.15) is 42.6 Å². The maximum Gasteiger partial charge on any atom is 0.255 e. The number of anilines is 1. The smallest absolute Gasteiger partial charge is 0.255 e. The number of ether oxygens (including phenoxy) is 1. The highest BCUT2D eigenvalue weighted by atomic mass is 16.5. The average Bonchev–Trinajstić information content (AvgIpc) is 3.27. The van der Waals surface area contributed by atoms with Crippen LogP contribution in [-0.2, 0) is 0 Å². The highest BCUT2D eigenvalue weighted by Gasteiger charge is 2.08. The molecule has 32 heavy (non-hydrogen) atoms. The lowest BCUT2D eigenvalue weighted by atomic mass is 10.1. The number of amides is 1. The van der Waals surface area contributed by atoms with Gasteiger partial charge in [-0.1, -0.05) is 6.92 Å². The fourth-order valence-corrected chi connectivity index (χ4v) is 2.55. The number of aromatic nitrogens is 2. The summed E-state index contributed by atoms with van der Waals surface area (Å²) >= 11 is 0. The highest BCUT2D eigenvalue weighted by Crippen LogP contribution is 2.17. The zero-order valence-corrected chi connectivity index (χ0v) is 18.4. The van der Waals surface area contributed by atoms with E-state index in [2.05, 4.69) is 17.3 Å². The van der Waals surface area contributed by atoms with Gasteiger partial charge in [-0.05, 0) is 68.3 Å². The molecular formula is C24H29N5O3. The van der Waals surface area contributed by atoms with Crippen molar-refractivity contribution in [1.82, 2.24) is 9.78 Å². The summed E-state index contributed by atoms with van der Waals surface area (Å²) in [4.78, 5) is 12.3. The Morgan fingerprint density at radius 1 is 1.25 bits per heavy atom. The van der Waals surface area contributed by atoms with Crippen LogP contribution in [0.2, 0.25) is 0 Å². The number of aliphatic hydroxyl groups excluding tert-OH is 1. The van der Waals surface area contributed by atoms with E-state index in [1.807, 2.05) is 37.3 Å². The molecule has 3 rings (SSSR count). The summed E-state index contributed by atoms with van der Waals surface area (Å²) in [6.07, 6.45) is 5.00. The summed E-state index contributed by atoms with van der Waals surface area (Å²) in [7, 11) is 0. The Morgan fingerprint density at radius 3 is 2.47 bits per heavy atom. The van der Waals surface area contributed by atoms with Crippen molar-refractivity contribution in [3.8, 4) is 17.5 Å². The van der Waals surface area contributed by atoms with E-state index < -0.39 is 0 Å². The predicted octanol–water partition coefficient (Wildman–Crippen LogP) is 3.50. The number of nitrogens with two attached hydrogens (primary N) is 1. The van der Waals surface area contributed by atoms with Gasteiger partial charge in [-0.2, -0.15) is 10.4 Å². The molecule has 1 atom stereocenters. The molecule has 0 fully saturated rings. The third-order valence-corrected chi connectivity index (χ3v) is 4.28. The van der Waals surface area contributed by atoms with Gasteiger partial charge in [0.05, 0.1) is 42.0 Å². The number of hydrogen-bond donors (Lipinski definition) is 3. The summed E-state index contributed by atoms with van der Waals surface area (Å²) < 4.78 is 7.24. The normalized spacial score (nSPS) is 11.0. The number of nitriles is 1. The van der Waals surface area contributed by atoms with Gasteiger partial charge in [-0.3, -0.25) is 4.79 Å². The second-order valence-corrected chi connectivity index (χ2v) is 7.15. The number of rotatable bonds is 8. The zero-order valence-electron chi connectivity index (χ0n) is 18.4. The Balaban J connectivity index is 0.000000534. The first-order valence-electron chi connectivity index (χ1n) is 10.4. The Labute approximate surface area is 188 Å². The van der Waals surface area contributed by atoms with E-state index in [-0.39, 0.29) is 18.6 Å². The lowest BCUT2D eigenvalue weighted by molar-refractivity contribution is 0.102. The van der Waals surface area contributed by atoms with Crippen molar-refractivity contribution >= 4 is 11.6 Å². The molecule has 1 unspecified atom stereocenters. The molecule has 0 saturated carbocycles. The molecule has 8 heteroatoms. The molecule has 0 aliphatic rings. The number of carbonyl (C=O) groups is 1. The Kier molecular flexibility index (Phi) is 9.91. The van der Waals surface area contributed by atoms with Crippen LogP contribution in [0.25, 0.3) is 5.69 Å². The molecule has 0 saturated heterocycles. The van der Waals surface area contributed by atoms with Gasteiger partial charge in [0.1, 0.15) is 5.75 Å². The van der Waals surface area contributed by atoms with Crippen molar-refractivity contribution in [1.29, 1.82) is 5.26 Å². The molecule has 168 valence electrons. The molecule has 2 aromatic carbocycles. The van der Waals surface area contributed by atoms with Crippen LogP contribution in [0.15, 0.2) is 60.9 Å². The van der Waals surface area contributed by atoms with Crippen molar-refractivity contribution in [2.24, 2.45) is 5.73 Å². The zero-order chi connectivity index (χ0) is 23.3. The molecule has 1 heterocycles. The molecule has 0 radical (unpaired) electrons. The average molecular weight is 436 g/mol. The van der Waals surface area contributed by atoms with Crippen LogP contribution in [0.5, 0.6) is 5.75 Å². The topological polar surface area (TPSA) is 126 Å². The van der Waals surface area contributed by atoms with Gasteiger partial charge in [0.2, 0.25) is 0 Å². The number of nitrogens with zero attached hydrogens (tertiary/aromatic N) is 3. The van der Waals surface area contributed by atoms with Gasteiger partial charge in [0.25, 0.3) is 5.91 Å². The van der Waals surface area contributed by atoms with Crippen LogP contribution < -0.4 is 15.8 Å². The highest BCUT2D eigenvalue weighted by molar-refractivity contribution is 6.04.